The zero-order valence-corrected chi connectivity index (χ0v) is 12.9. The molecule has 8 heteroatoms. The quantitative estimate of drug-likeness (QED) is 0.846. The molecule has 2 aromatic rings. The first-order valence-electron chi connectivity index (χ1n) is 6.07. The van der Waals surface area contributed by atoms with E-state index in [1.807, 2.05) is 0 Å². The van der Waals surface area contributed by atoms with Crippen molar-refractivity contribution in [2.24, 2.45) is 0 Å². The van der Waals surface area contributed by atoms with E-state index in [9.17, 15) is 21.6 Å². The lowest BCUT2D eigenvalue weighted by Crippen LogP contribution is -2.26. The molecule has 0 spiro atoms. The molecule has 0 fully saturated rings. The van der Waals surface area contributed by atoms with Crippen molar-refractivity contribution in [3.63, 3.8) is 0 Å². The SMILES string of the molecule is CN(Cc1ccc(F)c(F)c1)S(=O)(=O)c1ccc(F)c(Cl)c1. The number of sulfonamides is 1. The summed E-state index contributed by atoms with van der Waals surface area (Å²) in [6, 6.07) is 6.13. The van der Waals surface area contributed by atoms with Crippen molar-refractivity contribution in [2.75, 3.05) is 7.05 Å². The van der Waals surface area contributed by atoms with Gasteiger partial charge >= 0.3 is 0 Å². The molecule has 0 aliphatic rings. The molecule has 2 aromatic carbocycles. The molecule has 0 aromatic heterocycles. The highest BCUT2D eigenvalue weighted by atomic mass is 35.5. The summed E-state index contributed by atoms with van der Waals surface area (Å²) in [5.41, 5.74) is 0.276. The summed E-state index contributed by atoms with van der Waals surface area (Å²) in [5, 5.41) is -0.317. The number of nitrogens with zero attached hydrogens (tertiary/aromatic N) is 1. The fourth-order valence-electron chi connectivity index (χ4n) is 1.80. The molecule has 3 nitrogen and oxygen atoms in total. The van der Waals surface area contributed by atoms with Crippen molar-refractivity contribution in [2.45, 2.75) is 11.4 Å². The minimum Gasteiger partial charge on any atom is -0.207 e. The van der Waals surface area contributed by atoms with Crippen LogP contribution in [0.1, 0.15) is 5.56 Å². The molecule has 0 amide bonds. The zero-order chi connectivity index (χ0) is 16.5. The largest absolute Gasteiger partial charge is 0.243 e. The molecule has 118 valence electrons. The Labute approximate surface area is 131 Å². The predicted molar refractivity (Wildman–Crippen MR) is 76.4 cm³/mol. The van der Waals surface area contributed by atoms with E-state index < -0.39 is 27.5 Å². The standard InChI is InChI=1S/C14H11ClF3NO2S/c1-19(8-9-2-4-13(17)14(18)6-9)22(20,21)10-3-5-12(16)11(15)7-10/h2-7H,8H2,1H3. The fourth-order valence-corrected chi connectivity index (χ4v) is 3.23. The molecule has 0 unspecified atom stereocenters. The number of hydrogen-bond acceptors (Lipinski definition) is 2. The summed E-state index contributed by atoms with van der Waals surface area (Å²) in [7, 11) is -2.66. The van der Waals surface area contributed by atoms with E-state index in [2.05, 4.69) is 0 Å². The molecule has 0 radical (unpaired) electrons. The topological polar surface area (TPSA) is 37.4 Å². The predicted octanol–water partition coefficient (Wildman–Crippen LogP) is 3.58. The molecular formula is C14H11ClF3NO2S. The average Bonchev–Trinajstić information content (AvgIpc) is 2.45. The van der Waals surface area contributed by atoms with Crippen LogP contribution in [0.25, 0.3) is 0 Å². The Morgan fingerprint density at radius 3 is 2.23 bits per heavy atom. The molecular weight excluding hydrogens is 339 g/mol. The molecule has 0 heterocycles. The molecule has 0 atom stereocenters. The number of benzene rings is 2. The highest BCUT2D eigenvalue weighted by Crippen LogP contribution is 2.23. The highest BCUT2D eigenvalue weighted by molar-refractivity contribution is 7.89. The first kappa shape index (κ1) is 16.8. The van der Waals surface area contributed by atoms with Crippen molar-refractivity contribution in [3.05, 3.63) is 64.4 Å². The van der Waals surface area contributed by atoms with Gasteiger partial charge in [0, 0.05) is 13.6 Å². The van der Waals surface area contributed by atoms with Crippen molar-refractivity contribution in [3.8, 4) is 0 Å². The Kier molecular flexibility index (Phi) is 4.79. The summed E-state index contributed by atoms with van der Waals surface area (Å²) >= 11 is 5.57. The van der Waals surface area contributed by atoms with Crippen LogP contribution in [-0.4, -0.2) is 19.8 Å². The van der Waals surface area contributed by atoms with E-state index >= 15 is 0 Å². The maximum Gasteiger partial charge on any atom is 0.243 e. The van der Waals surface area contributed by atoms with Crippen LogP contribution in [-0.2, 0) is 16.6 Å². The minimum absolute atomic E-state index is 0.172. The number of rotatable bonds is 4. The van der Waals surface area contributed by atoms with Crippen LogP contribution in [0.3, 0.4) is 0 Å². The fraction of sp³-hybridized carbons (Fsp3) is 0.143. The van der Waals surface area contributed by atoms with Crippen molar-refractivity contribution >= 4 is 21.6 Å². The molecule has 22 heavy (non-hydrogen) atoms. The minimum atomic E-state index is -3.93. The third kappa shape index (κ3) is 3.43. The van der Waals surface area contributed by atoms with Crippen LogP contribution in [0.2, 0.25) is 5.02 Å². The van der Waals surface area contributed by atoms with Crippen LogP contribution in [0.4, 0.5) is 13.2 Å². The molecule has 0 bridgehead atoms. The van der Waals surface area contributed by atoms with Crippen LogP contribution >= 0.6 is 11.6 Å². The summed E-state index contributed by atoms with van der Waals surface area (Å²) in [6.45, 7) is -0.172. The highest BCUT2D eigenvalue weighted by Gasteiger charge is 2.22. The first-order chi connectivity index (χ1) is 10.2. The summed E-state index contributed by atoms with van der Waals surface area (Å²) in [4.78, 5) is -0.191. The first-order valence-corrected chi connectivity index (χ1v) is 7.89. The molecule has 0 aliphatic heterocycles. The zero-order valence-electron chi connectivity index (χ0n) is 11.4. The Hall–Kier alpha value is -1.57. The van der Waals surface area contributed by atoms with Crippen LogP contribution in [0, 0.1) is 17.5 Å². The summed E-state index contributed by atoms with van der Waals surface area (Å²) < 4.78 is 64.7. The van der Waals surface area contributed by atoms with Gasteiger partial charge < -0.3 is 0 Å². The second-order valence-corrected chi connectivity index (χ2v) is 7.04. The van der Waals surface area contributed by atoms with Crippen molar-refractivity contribution in [1.82, 2.24) is 4.31 Å². The third-order valence-corrected chi connectivity index (χ3v) is 5.08. The Morgan fingerprint density at radius 1 is 1.00 bits per heavy atom. The second kappa shape index (κ2) is 6.28. The molecule has 0 saturated carbocycles. The lowest BCUT2D eigenvalue weighted by Gasteiger charge is -2.17. The summed E-state index contributed by atoms with van der Waals surface area (Å²) in [6.07, 6.45) is 0. The second-order valence-electron chi connectivity index (χ2n) is 4.59. The summed E-state index contributed by atoms with van der Waals surface area (Å²) in [5.74, 6) is -2.81. The van der Waals surface area contributed by atoms with Gasteiger partial charge in [-0.2, -0.15) is 4.31 Å². The van der Waals surface area contributed by atoms with Crippen molar-refractivity contribution in [1.29, 1.82) is 0 Å². The smallest absolute Gasteiger partial charge is 0.207 e. The van der Waals surface area contributed by atoms with Crippen LogP contribution < -0.4 is 0 Å². The van der Waals surface area contributed by atoms with E-state index in [0.29, 0.717) is 0 Å². The van der Waals surface area contributed by atoms with E-state index in [-0.39, 0.29) is 22.0 Å². The van der Waals surface area contributed by atoms with Gasteiger partial charge in [-0.15, -0.1) is 0 Å². The van der Waals surface area contributed by atoms with Crippen molar-refractivity contribution < 1.29 is 21.6 Å². The lowest BCUT2D eigenvalue weighted by atomic mass is 10.2. The van der Waals surface area contributed by atoms with Gasteiger partial charge in [-0.1, -0.05) is 17.7 Å². The average molecular weight is 350 g/mol. The van der Waals surface area contributed by atoms with Gasteiger partial charge in [0.15, 0.2) is 11.6 Å². The van der Waals surface area contributed by atoms with Gasteiger partial charge in [-0.25, -0.2) is 21.6 Å². The van der Waals surface area contributed by atoms with Crippen LogP contribution in [0.5, 0.6) is 0 Å². The monoisotopic (exact) mass is 349 g/mol. The van der Waals surface area contributed by atoms with Gasteiger partial charge in [0.05, 0.1) is 9.92 Å². The van der Waals surface area contributed by atoms with Gasteiger partial charge in [-0.05, 0) is 35.9 Å². The molecule has 0 aliphatic carbocycles. The molecule has 2 rings (SSSR count). The van der Waals surface area contributed by atoms with Crippen LogP contribution in [0.15, 0.2) is 41.3 Å². The van der Waals surface area contributed by atoms with E-state index in [1.165, 1.54) is 13.1 Å². The van der Waals surface area contributed by atoms with Gasteiger partial charge in [0.2, 0.25) is 10.0 Å². The van der Waals surface area contributed by atoms with Gasteiger partial charge in [0.25, 0.3) is 0 Å². The third-order valence-electron chi connectivity index (χ3n) is 2.99. The lowest BCUT2D eigenvalue weighted by molar-refractivity contribution is 0.461. The van der Waals surface area contributed by atoms with Gasteiger partial charge in [0.1, 0.15) is 5.82 Å². The van der Waals surface area contributed by atoms with E-state index in [0.717, 1.165) is 34.6 Å². The van der Waals surface area contributed by atoms with E-state index in [1.54, 1.807) is 0 Å². The normalized spacial score (nSPS) is 11.9. The number of hydrogen-bond donors (Lipinski definition) is 0. The molecule has 0 N–H and O–H groups in total. The maximum absolute atomic E-state index is 13.1. The number of halogens is 4. The Balaban J connectivity index is 2.28. The van der Waals surface area contributed by atoms with E-state index in [4.69, 9.17) is 11.6 Å². The Morgan fingerprint density at radius 2 is 1.64 bits per heavy atom. The maximum atomic E-state index is 13.1. The molecule has 0 saturated heterocycles. The van der Waals surface area contributed by atoms with Gasteiger partial charge in [-0.3, -0.25) is 0 Å². The Bertz CT molecular complexity index is 812.